The van der Waals surface area contributed by atoms with Crippen molar-refractivity contribution in [1.29, 1.82) is 0 Å². The minimum atomic E-state index is -0.848. The van der Waals surface area contributed by atoms with Crippen LogP contribution in [0.3, 0.4) is 0 Å². The summed E-state index contributed by atoms with van der Waals surface area (Å²) in [5, 5.41) is 9.84. The number of carbonyl (C=O) groups is 3. The van der Waals surface area contributed by atoms with Gasteiger partial charge in [-0.3, -0.25) is 19.2 Å². The third-order valence-electron chi connectivity index (χ3n) is 5.92. The lowest BCUT2D eigenvalue weighted by Gasteiger charge is -2.36. The highest BCUT2D eigenvalue weighted by Crippen LogP contribution is 2.38. The highest BCUT2D eigenvalue weighted by Gasteiger charge is 2.55. The van der Waals surface area contributed by atoms with E-state index in [0.717, 1.165) is 29.7 Å². The maximum absolute atomic E-state index is 13.0. The van der Waals surface area contributed by atoms with Crippen molar-refractivity contribution in [2.24, 2.45) is 5.92 Å². The summed E-state index contributed by atoms with van der Waals surface area (Å²) < 4.78 is 1.79. The van der Waals surface area contributed by atoms with Crippen LogP contribution in [0.4, 0.5) is 10.5 Å². The van der Waals surface area contributed by atoms with Crippen molar-refractivity contribution in [1.82, 2.24) is 20.0 Å². The minimum absolute atomic E-state index is 0.0692. The topological polar surface area (TPSA) is 96.3 Å². The van der Waals surface area contributed by atoms with Gasteiger partial charge in [0.25, 0.3) is 5.91 Å². The average molecular weight is 395 g/mol. The minimum Gasteiger partial charge on any atom is -0.325 e. The Morgan fingerprint density at radius 2 is 2.17 bits per heavy atom. The Kier molecular flexibility index (Phi) is 5.08. The molecule has 1 aliphatic carbocycles. The number of benzene rings is 1. The highest BCUT2D eigenvalue weighted by atomic mass is 16.2. The number of imide groups is 1. The molecule has 4 rings (SSSR count). The summed E-state index contributed by atoms with van der Waals surface area (Å²) in [4.78, 5) is 39.0. The van der Waals surface area contributed by atoms with Crippen LogP contribution in [0.5, 0.6) is 0 Å². The molecule has 29 heavy (non-hydrogen) atoms. The normalized spacial score (nSPS) is 24.0. The van der Waals surface area contributed by atoms with Crippen LogP contribution in [0.25, 0.3) is 0 Å². The largest absolute Gasteiger partial charge is 0.325 e. The first-order valence-corrected chi connectivity index (χ1v) is 9.98. The van der Waals surface area contributed by atoms with Crippen LogP contribution >= 0.6 is 0 Å². The molecule has 1 saturated carbocycles. The monoisotopic (exact) mass is 395 g/mol. The molecule has 2 aromatic rings. The molecule has 1 spiro atoms. The Bertz CT molecular complexity index is 926. The van der Waals surface area contributed by atoms with E-state index in [2.05, 4.69) is 15.7 Å². The quantitative estimate of drug-likeness (QED) is 0.760. The molecule has 152 valence electrons. The van der Waals surface area contributed by atoms with E-state index in [1.165, 1.54) is 0 Å². The standard InChI is InChI=1S/C21H25N5O3/c1-15-6-2-3-9-21(15)19(28)26(20(29)24-21)14-18(27)23-17-8-4-7-16(12-17)13-25-11-5-10-22-25/h4-5,7-8,10-12,15H,2-3,6,9,13-14H2,1H3,(H,23,27)(H,24,29). The Morgan fingerprint density at radius 1 is 1.31 bits per heavy atom. The molecule has 0 bridgehead atoms. The highest BCUT2D eigenvalue weighted by molar-refractivity contribution is 6.10. The lowest BCUT2D eigenvalue weighted by molar-refractivity contribution is -0.136. The molecule has 1 aliphatic heterocycles. The molecule has 8 nitrogen and oxygen atoms in total. The van der Waals surface area contributed by atoms with Crippen molar-refractivity contribution in [3.05, 3.63) is 48.3 Å². The van der Waals surface area contributed by atoms with Gasteiger partial charge in [-0.1, -0.05) is 31.9 Å². The molecule has 2 atom stereocenters. The lowest BCUT2D eigenvalue weighted by Crippen LogP contribution is -2.54. The predicted molar refractivity (Wildman–Crippen MR) is 107 cm³/mol. The molecule has 2 fully saturated rings. The van der Waals surface area contributed by atoms with Crippen molar-refractivity contribution < 1.29 is 14.4 Å². The molecule has 2 aliphatic rings. The Hall–Kier alpha value is -3.16. The second kappa shape index (κ2) is 7.69. The van der Waals surface area contributed by atoms with Gasteiger partial charge in [-0.15, -0.1) is 0 Å². The second-order valence-corrected chi connectivity index (χ2v) is 7.89. The van der Waals surface area contributed by atoms with E-state index >= 15 is 0 Å². The van der Waals surface area contributed by atoms with Crippen molar-refractivity contribution in [3.63, 3.8) is 0 Å². The number of amides is 4. The summed E-state index contributed by atoms with van der Waals surface area (Å²) in [5.74, 6) is -0.609. The molecule has 4 amide bonds. The smallest absolute Gasteiger partial charge is 0.325 e. The number of rotatable bonds is 5. The van der Waals surface area contributed by atoms with Crippen LogP contribution < -0.4 is 10.6 Å². The first kappa shape index (κ1) is 19.2. The third kappa shape index (κ3) is 3.74. The zero-order valence-corrected chi connectivity index (χ0v) is 16.4. The van der Waals surface area contributed by atoms with Gasteiger partial charge in [-0.05, 0) is 42.5 Å². The number of nitrogens with zero attached hydrogens (tertiary/aromatic N) is 3. The van der Waals surface area contributed by atoms with Crippen LogP contribution in [0.2, 0.25) is 0 Å². The van der Waals surface area contributed by atoms with Crippen LogP contribution in [0.1, 0.15) is 38.2 Å². The van der Waals surface area contributed by atoms with E-state index in [0.29, 0.717) is 18.7 Å². The zero-order chi connectivity index (χ0) is 20.4. The fourth-order valence-corrected chi connectivity index (χ4v) is 4.31. The van der Waals surface area contributed by atoms with E-state index in [4.69, 9.17) is 0 Å². The molecule has 0 radical (unpaired) electrons. The summed E-state index contributed by atoms with van der Waals surface area (Å²) in [7, 11) is 0. The number of anilines is 1. The summed E-state index contributed by atoms with van der Waals surface area (Å²) in [6.07, 6.45) is 7.07. The first-order chi connectivity index (χ1) is 14.0. The van der Waals surface area contributed by atoms with Crippen molar-refractivity contribution in [2.45, 2.75) is 44.7 Å². The maximum Gasteiger partial charge on any atom is 0.325 e. The lowest BCUT2D eigenvalue weighted by atomic mass is 9.73. The molecular weight excluding hydrogens is 370 g/mol. The molecule has 8 heteroatoms. The number of urea groups is 1. The van der Waals surface area contributed by atoms with Gasteiger partial charge in [0, 0.05) is 18.1 Å². The first-order valence-electron chi connectivity index (χ1n) is 9.98. The van der Waals surface area contributed by atoms with Crippen molar-refractivity contribution in [2.75, 3.05) is 11.9 Å². The van der Waals surface area contributed by atoms with E-state index < -0.39 is 17.5 Å². The zero-order valence-electron chi connectivity index (χ0n) is 16.4. The van der Waals surface area contributed by atoms with Gasteiger partial charge in [0.15, 0.2) is 0 Å². The van der Waals surface area contributed by atoms with Crippen LogP contribution in [0, 0.1) is 5.92 Å². The van der Waals surface area contributed by atoms with Gasteiger partial charge in [-0.25, -0.2) is 4.79 Å². The van der Waals surface area contributed by atoms with Gasteiger partial charge in [0.2, 0.25) is 5.91 Å². The van der Waals surface area contributed by atoms with Crippen LogP contribution in [-0.2, 0) is 16.1 Å². The van der Waals surface area contributed by atoms with Crippen LogP contribution in [0.15, 0.2) is 42.7 Å². The Labute approximate surface area is 169 Å². The number of hydrogen-bond donors (Lipinski definition) is 2. The van der Waals surface area contributed by atoms with Crippen molar-refractivity contribution in [3.8, 4) is 0 Å². The SMILES string of the molecule is CC1CCCCC12NC(=O)N(CC(=O)Nc1cccc(Cn3cccn3)c1)C2=O. The maximum atomic E-state index is 13.0. The summed E-state index contributed by atoms with van der Waals surface area (Å²) in [5.41, 5.74) is 0.753. The van der Waals surface area contributed by atoms with Crippen LogP contribution in [-0.4, -0.2) is 44.6 Å². The Balaban J connectivity index is 1.41. The summed E-state index contributed by atoms with van der Waals surface area (Å²) >= 11 is 0. The van der Waals surface area contributed by atoms with E-state index in [1.54, 1.807) is 16.9 Å². The second-order valence-electron chi connectivity index (χ2n) is 7.89. The van der Waals surface area contributed by atoms with Gasteiger partial charge in [-0.2, -0.15) is 5.10 Å². The molecule has 2 unspecified atom stereocenters. The fourth-order valence-electron chi connectivity index (χ4n) is 4.31. The van der Waals surface area contributed by atoms with Gasteiger partial charge >= 0.3 is 6.03 Å². The van der Waals surface area contributed by atoms with Gasteiger partial charge < -0.3 is 10.6 Å². The van der Waals surface area contributed by atoms with E-state index in [1.807, 2.05) is 37.4 Å². The fraction of sp³-hybridized carbons (Fsp3) is 0.429. The number of carbonyl (C=O) groups excluding carboxylic acids is 3. The summed E-state index contributed by atoms with van der Waals surface area (Å²) in [6, 6.07) is 8.80. The van der Waals surface area contributed by atoms with E-state index in [-0.39, 0.29) is 18.4 Å². The Morgan fingerprint density at radius 3 is 2.93 bits per heavy atom. The average Bonchev–Trinajstić information content (AvgIpc) is 3.27. The summed E-state index contributed by atoms with van der Waals surface area (Å²) in [6.45, 7) is 2.29. The molecule has 1 aromatic carbocycles. The number of hydrogen-bond acceptors (Lipinski definition) is 4. The van der Waals surface area contributed by atoms with Gasteiger partial charge in [0.1, 0.15) is 12.1 Å². The number of aromatic nitrogens is 2. The van der Waals surface area contributed by atoms with E-state index in [9.17, 15) is 14.4 Å². The molecule has 1 saturated heterocycles. The molecule has 1 aromatic heterocycles. The molecule has 2 N–H and O–H groups in total. The number of nitrogens with one attached hydrogen (secondary N) is 2. The third-order valence-corrected chi connectivity index (χ3v) is 5.92. The van der Waals surface area contributed by atoms with Gasteiger partial charge in [0.05, 0.1) is 6.54 Å². The molecular formula is C21H25N5O3. The van der Waals surface area contributed by atoms with Crippen molar-refractivity contribution >= 4 is 23.5 Å². The predicted octanol–water partition coefficient (Wildman–Crippen LogP) is 2.37. The molecule has 2 heterocycles.